The first-order valence-corrected chi connectivity index (χ1v) is 7.45. The number of nitrogens with two attached hydrogens (primary N) is 1. The molecule has 2 aromatic rings. The summed E-state index contributed by atoms with van der Waals surface area (Å²) in [5.74, 6) is -1.93. The largest absolute Gasteiger partial charge is 0.452 e. The number of esters is 1. The van der Waals surface area contributed by atoms with Crippen LogP contribution in [0.15, 0.2) is 42.5 Å². The third-order valence-electron chi connectivity index (χ3n) is 2.95. The number of ether oxygens (including phenoxy) is 1. The van der Waals surface area contributed by atoms with Crippen molar-refractivity contribution in [3.05, 3.63) is 63.6 Å². The summed E-state index contributed by atoms with van der Waals surface area (Å²) in [4.78, 5) is 34.7. The fourth-order valence-corrected chi connectivity index (χ4v) is 2.36. The topological polar surface area (TPSA) is 98.5 Å². The SMILES string of the molecule is NC(=O)c1ccc(NC(=O)COC(=O)c2c(Cl)cccc2Cl)cc1. The van der Waals surface area contributed by atoms with Crippen molar-refractivity contribution >= 4 is 46.7 Å². The smallest absolute Gasteiger partial charge is 0.341 e. The number of benzene rings is 2. The van der Waals surface area contributed by atoms with E-state index < -0.39 is 24.4 Å². The molecule has 2 aromatic carbocycles. The second-order valence-corrected chi connectivity index (χ2v) is 5.48. The maximum absolute atomic E-state index is 11.9. The van der Waals surface area contributed by atoms with E-state index >= 15 is 0 Å². The van der Waals surface area contributed by atoms with Crippen molar-refractivity contribution in [1.82, 2.24) is 0 Å². The molecule has 0 saturated carbocycles. The molecule has 0 heterocycles. The van der Waals surface area contributed by atoms with Crippen molar-refractivity contribution in [3.8, 4) is 0 Å². The van der Waals surface area contributed by atoms with Crippen LogP contribution in [0.3, 0.4) is 0 Å². The van der Waals surface area contributed by atoms with Gasteiger partial charge in [-0.25, -0.2) is 4.79 Å². The fourth-order valence-electron chi connectivity index (χ4n) is 1.81. The number of carbonyl (C=O) groups is 3. The van der Waals surface area contributed by atoms with Gasteiger partial charge in [0.2, 0.25) is 5.91 Å². The van der Waals surface area contributed by atoms with Crippen LogP contribution in [0.1, 0.15) is 20.7 Å². The molecule has 0 saturated heterocycles. The standard InChI is InChI=1S/C16H12Cl2N2O4/c17-11-2-1-3-12(18)14(11)16(23)24-8-13(21)20-10-6-4-9(5-7-10)15(19)22/h1-7H,8H2,(H2,19,22)(H,20,21). The minimum atomic E-state index is -0.801. The Balaban J connectivity index is 1.93. The van der Waals surface area contributed by atoms with Crippen molar-refractivity contribution < 1.29 is 19.1 Å². The summed E-state index contributed by atoms with van der Waals surface area (Å²) in [5, 5.41) is 2.78. The number of halogens is 2. The predicted octanol–water partition coefficient (Wildman–Crippen LogP) is 2.89. The van der Waals surface area contributed by atoms with Crippen molar-refractivity contribution in [2.45, 2.75) is 0 Å². The highest BCUT2D eigenvalue weighted by atomic mass is 35.5. The Kier molecular flexibility index (Phi) is 5.78. The van der Waals surface area contributed by atoms with Gasteiger partial charge >= 0.3 is 5.97 Å². The first kappa shape index (κ1) is 17.8. The van der Waals surface area contributed by atoms with E-state index in [2.05, 4.69) is 5.32 Å². The summed E-state index contributed by atoms with van der Waals surface area (Å²) in [5.41, 5.74) is 5.86. The number of nitrogens with one attached hydrogen (secondary N) is 1. The Morgan fingerprint density at radius 1 is 1.00 bits per heavy atom. The van der Waals surface area contributed by atoms with Gasteiger partial charge in [-0.2, -0.15) is 0 Å². The average Bonchev–Trinajstić information content (AvgIpc) is 2.53. The van der Waals surface area contributed by atoms with Crippen LogP contribution in [0.5, 0.6) is 0 Å². The maximum atomic E-state index is 11.9. The third kappa shape index (κ3) is 4.47. The highest BCUT2D eigenvalue weighted by molar-refractivity contribution is 6.39. The quantitative estimate of drug-likeness (QED) is 0.794. The molecule has 6 nitrogen and oxygen atoms in total. The van der Waals surface area contributed by atoms with Gasteiger partial charge in [0.1, 0.15) is 0 Å². The number of amides is 2. The molecule has 8 heteroatoms. The van der Waals surface area contributed by atoms with Gasteiger partial charge in [-0.05, 0) is 36.4 Å². The zero-order valence-electron chi connectivity index (χ0n) is 12.2. The molecule has 0 spiro atoms. The molecule has 0 atom stereocenters. The highest BCUT2D eigenvalue weighted by Crippen LogP contribution is 2.24. The van der Waals surface area contributed by atoms with Gasteiger partial charge in [0, 0.05) is 11.3 Å². The Morgan fingerprint density at radius 3 is 2.12 bits per heavy atom. The van der Waals surface area contributed by atoms with E-state index in [0.29, 0.717) is 11.3 Å². The van der Waals surface area contributed by atoms with Crippen LogP contribution in [0, 0.1) is 0 Å². The van der Waals surface area contributed by atoms with E-state index in [1.54, 1.807) is 6.07 Å². The van der Waals surface area contributed by atoms with Gasteiger partial charge in [-0.3, -0.25) is 9.59 Å². The molecule has 3 N–H and O–H groups in total. The van der Waals surface area contributed by atoms with Crippen LogP contribution in [0.25, 0.3) is 0 Å². The summed E-state index contributed by atoms with van der Waals surface area (Å²) in [6, 6.07) is 10.5. The molecule has 2 rings (SSSR count). The highest BCUT2D eigenvalue weighted by Gasteiger charge is 2.17. The number of carbonyl (C=O) groups excluding carboxylic acids is 3. The minimum Gasteiger partial charge on any atom is -0.452 e. The van der Waals surface area contributed by atoms with Gasteiger partial charge in [-0.15, -0.1) is 0 Å². The normalized spacial score (nSPS) is 10.1. The average molecular weight is 367 g/mol. The molecule has 0 aliphatic carbocycles. The van der Waals surface area contributed by atoms with Crippen molar-refractivity contribution in [1.29, 1.82) is 0 Å². The van der Waals surface area contributed by atoms with Gasteiger partial charge < -0.3 is 15.8 Å². The van der Waals surface area contributed by atoms with Gasteiger partial charge in [0.15, 0.2) is 6.61 Å². The lowest BCUT2D eigenvalue weighted by atomic mass is 10.2. The lowest BCUT2D eigenvalue weighted by Gasteiger charge is -2.08. The number of hydrogen-bond acceptors (Lipinski definition) is 4. The van der Waals surface area contributed by atoms with Crippen molar-refractivity contribution in [2.24, 2.45) is 5.73 Å². The molecule has 0 aromatic heterocycles. The third-order valence-corrected chi connectivity index (χ3v) is 3.58. The first-order valence-electron chi connectivity index (χ1n) is 6.69. The Bertz CT molecular complexity index is 771. The minimum absolute atomic E-state index is 0.000514. The van der Waals surface area contributed by atoms with E-state index in [1.807, 2.05) is 0 Å². The first-order chi connectivity index (χ1) is 11.4. The Labute approximate surface area is 147 Å². The van der Waals surface area contributed by atoms with Crippen LogP contribution >= 0.6 is 23.2 Å². The number of primary amides is 1. The molecular formula is C16H12Cl2N2O4. The number of rotatable bonds is 5. The second-order valence-electron chi connectivity index (χ2n) is 4.66. The van der Waals surface area contributed by atoms with E-state index in [1.165, 1.54) is 36.4 Å². The molecule has 24 heavy (non-hydrogen) atoms. The lowest BCUT2D eigenvalue weighted by molar-refractivity contribution is -0.119. The van der Waals surface area contributed by atoms with Crippen LogP contribution in [-0.4, -0.2) is 24.4 Å². The molecule has 2 amide bonds. The number of hydrogen-bond donors (Lipinski definition) is 2. The van der Waals surface area contributed by atoms with E-state index in [9.17, 15) is 14.4 Å². The fraction of sp³-hybridized carbons (Fsp3) is 0.0625. The summed E-state index contributed by atoms with van der Waals surface area (Å²) in [6.45, 7) is -0.516. The molecule has 0 fully saturated rings. The molecule has 0 aliphatic rings. The summed E-state index contributed by atoms with van der Waals surface area (Å²) >= 11 is 11.8. The van der Waals surface area contributed by atoms with Crippen LogP contribution in [0.4, 0.5) is 5.69 Å². The van der Waals surface area contributed by atoms with Gasteiger partial charge in [0.25, 0.3) is 5.91 Å². The van der Waals surface area contributed by atoms with E-state index in [0.717, 1.165) is 0 Å². The molecule has 0 unspecified atom stereocenters. The summed E-state index contributed by atoms with van der Waals surface area (Å²) < 4.78 is 4.89. The molecule has 124 valence electrons. The zero-order valence-corrected chi connectivity index (χ0v) is 13.7. The van der Waals surface area contributed by atoms with E-state index in [4.69, 9.17) is 33.7 Å². The summed E-state index contributed by atoms with van der Waals surface area (Å²) in [7, 11) is 0. The van der Waals surface area contributed by atoms with Crippen LogP contribution < -0.4 is 11.1 Å². The van der Waals surface area contributed by atoms with Crippen molar-refractivity contribution in [2.75, 3.05) is 11.9 Å². The number of anilines is 1. The van der Waals surface area contributed by atoms with Gasteiger partial charge in [0.05, 0.1) is 15.6 Å². The molecule has 0 aliphatic heterocycles. The molecule has 0 radical (unpaired) electrons. The maximum Gasteiger partial charge on any atom is 0.341 e. The monoisotopic (exact) mass is 366 g/mol. The lowest BCUT2D eigenvalue weighted by Crippen LogP contribution is -2.21. The van der Waals surface area contributed by atoms with Crippen molar-refractivity contribution in [3.63, 3.8) is 0 Å². The van der Waals surface area contributed by atoms with Crippen LogP contribution in [-0.2, 0) is 9.53 Å². The molecule has 0 bridgehead atoms. The van der Waals surface area contributed by atoms with Crippen LogP contribution in [0.2, 0.25) is 10.0 Å². The Morgan fingerprint density at radius 2 is 1.58 bits per heavy atom. The zero-order chi connectivity index (χ0) is 17.7. The second kappa shape index (κ2) is 7.81. The Hall–Kier alpha value is -2.57. The predicted molar refractivity (Wildman–Crippen MR) is 90.3 cm³/mol. The van der Waals surface area contributed by atoms with Gasteiger partial charge in [-0.1, -0.05) is 29.3 Å². The van der Waals surface area contributed by atoms with E-state index in [-0.39, 0.29) is 15.6 Å². The molecular weight excluding hydrogens is 355 g/mol. The summed E-state index contributed by atoms with van der Waals surface area (Å²) in [6.07, 6.45) is 0.